The van der Waals surface area contributed by atoms with Crippen molar-refractivity contribution in [2.75, 3.05) is 18.9 Å². The minimum atomic E-state index is 0.128. The average Bonchev–Trinajstić information content (AvgIpc) is 2.73. The molecule has 1 saturated carbocycles. The zero-order valence-corrected chi connectivity index (χ0v) is 10.1. The summed E-state index contributed by atoms with van der Waals surface area (Å²) in [5.74, 6) is 0.504. The van der Waals surface area contributed by atoms with Crippen LogP contribution in [0.15, 0.2) is 6.20 Å². The Labute approximate surface area is 102 Å². The number of nitrogen functional groups attached to an aromatic ring is 1. The number of aromatic nitrogens is 2. The van der Waals surface area contributed by atoms with Crippen molar-refractivity contribution in [2.45, 2.75) is 44.6 Å². The summed E-state index contributed by atoms with van der Waals surface area (Å²) >= 11 is 0. The molecule has 1 aromatic rings. The van der Waals surface area contributed by atoms with Gasteiger partial charge in [0.1, 0.15) is 5.69 Å². The van der Waals surface area contributed by atoms with Gasteiger partial charge in [-0.1, -0.05) is 19.3 Å². The number of nitrogens with two attached hydrogens (primary N) is 1. The predicted molar refractivity (Wildman–Crippen MR) is 66.0 cm³/mol. The molecule has 0 unspecified atom stereocenters. The molecule has 0 saturated heterocycles. The number of aliphatic hydroxyl groups excluding tert-OH is 1. The number of hydrogen-bond acceptors (Lipinski definition) is 4. The summed E-state index contributed by atoms with van der Waals surface area (Å²) in [6.07, 6.45) is 8.69. The van der Waals surface area contributed by atoms with E-state index in [1.165, 1.54) is 32.1 Å². The molecule has 3 N–H and O–H groups in total. The van der Waals surface area contributed by atoms with Crippen molar-refractivity contribution in [3.63, 3.8) is 0 Å². The van der Waals surface area contributed by atoms with E-state index in [-0.39, 0.29) is 6.61 Å². The van der Waals surface area contributed by atoms with Crippen molar-refractivity contribution in [1.29, 1.82) is 0 Å². The number of hydrogen-bond donors (Lipinski definition) is 2. The highest BCUT2D eigenvalue weighted by Gasteiger charge is 2.18. The van der Waals surface area contributed by atoms with E-state index in [4.69, 9.17) is 15.6 Å². The first kappa shape index (κ1) is 12.2. The molecule has 0 aromatic carbocycles. The Hall–Kier alpha value is -1.23. The number of ether oxygens (including phenoxy) is 1. The summed E-state index contributed by atoms with van der Waals surface area (Å²) < 4.78 is 7.38. The molecule has 0 aliphatic heterocycles. The lowest BCUT2D eigenvalue weighted by Gasteiger charge is -2.21. The number of nitrogens with zero attached hydrogens (tertiary/aromatic N) is 2. The van der Waals surface area contributed by atoms with E-state index in [9.17, 15) is 0 Å². The molecule has 1 fully saturated rings. The van der Waals surface area contributed by atoms with Crippen LogP contribution in [0.1, 0.15) is 44.6 Å². The molecular weight excluding hydrogens is 218 g/mol. The van der Waals surface area contributed by atoms with Crippen LogP contribution in [0.3, 0.4) is 0 Å². The standard InChI is InChI=1S/C12H21N3O2/c13-11-9-15(10-5-2-1-3-6-10)14-12(11)17-8-4-7-16/h9-10,16H,1-8,13H2. The lowest BCUT2D eigenvalue weighted by Crippen LogP contribution is -2.13. The second-order valence-electron chi connectivity index (χ2n) is 4.59. The average molecular weight is 239 g/mol. The molecule has 1 heterocycles. The summed E-state index contributed by atoms with van der Waals surface area (Å²) in [7, 11) is 0. The van der Waals surface area contributed by atoms with Gasteiger partial charge in [-0.15, -0.1) is 5.10 Å². The lowest BCUT2D eigenvalue weighted by atomic mass is 9.96. The topological polar surface area (TPSA) is 73.3 Å². The Morgan fingerprint density at radius 1 is 1.41 bits per heavy atom. The van der Waals surface area contributed by atoms with Crippen molar-refractivity contribution < 1.29 is 9.84 Å². The van der Waals surface area contributed by atoms with Crippen molar-refractivity contribution in [1.82, 2.24) is 9.78 Å². The van der Waals surface area contributed by atoms with Gasteiger partial charge in [-0.05, 0) is 12.8 Å². The molecule has 5 nitrogen and oxygen atoms in total. The fourth-order valence-electron chi connectivity index (χ4n) is 2.27. The Bertz CT molecular complexity index is 346. The van der Waals surface area contributed by atoms with Gasteiger partial charge in [-0.25, -0.2) is 0 Å². The van der Waals surface area contributed by atoms with Crippen LogP contribution in [0.25, 0.3) is 0 Å². The van der Waals surface area contributed by atoms with E-state index < -0.39 is 0 Å². The highest BCUT2D eigenvalue weighted by Crippen LogP contribution is 2.30. The summed E-state index contributed by atoms with van der Waals surface area (Å²) in [4.78, 5) is 0. The SMILES string of the molecule is Nc1cn(C2CCCCC2)nc1OCCCO. The molecule has 0 bridgehead atoms. The molecule has 0 radical (unpaired) electrons. The van der Waals surface area contributed by atoms with Gasteiger partial charge in [-0.2, -0.15) is 0 Å². The number of rotatable bonds is 5. The van der Waals surface area contributed by atoms with Crippen LogP contribution in [-0.2, 0) is 0 Å². The molecule has 1 aliphatic carbocycles. The minimum Gasteiger partial charge on any atom is -0.475 e. The molecule has 1 aliphatic rings. The van der Waals surface area contributed by atoms with Gasteiger partial charge in [0.25, 0.3) is 5.88 Å². The van der Waals surface area contributed by atoms with Crippen molar-refractivity contribution >= 4 is 5.69 Å². The maximum atomic E-state index is 8.69. The van der Waals surface area contributed by atoms with Gasteiger partial charge in [0.15, 0.2) is 0 Å². The van der Waals surface area contributed by atoms with Crippen LogP contribution < -0.4 is 10.5 Å². The summed E-state index contributed by atoms with van der Waals surface area (Å²) in [5.41, 5.74) is 6.45. The Morgan fingerprint density at radius 3 is 2.88 bits per heavy atom. The Morgan fingerprint density at radius 2 is 2.18 bits per heavy atom. The van der Waals surface area contributed by atoms with Crippen molar-refractivity contribution in [2.24, 2.45) is 0 Å². The van der Waals surface area contributed by atoms with E-state index in [1.807, 2.05) is 10.9 Å². The highest BCUT2D eigenvalue weighted by atomic mass is 16.5. The van der Waals surface area contributed by atoms with Crippen LogP contribution >= 0.6 is 0 Å². The Kier molecular flexibility index (Phi) is 4.25. The molecule has 0 amide bonds. The highest BCUT2D eigenvalue weighted by molar-refractivity contribution is 5.45. The fourth-order valence-corrected chi connectivity index (χ4v) is 2.27. The normalized spacial score (nSPS) is 17.2. The molecule has 2 rings (SSSR count). The number of anilines is 1. The molecular formula is C12H21N3O2. The first-order valence-electron chi connectivity index (χ1n) is 6.39. The van der Waals surface area contributed by atoms with Gasteiger partial charge in [0.2, 0.25) is 0 Å². The third-order valence-corrected chi connectivity index (χ3v) is 3.21. The van der Waals surface area contributed by atoms with Gasteiger partial charge >= 0.3 is 0 Å². The van der Waals surface area contributed by atoms with E-state index >= 15 is 0 Å². The summed E-state index contributed by atoms with van der Waals surface area (Å²) in [6, 6.07) is 0.473. The Balaban J connectivity index is 1.96. The second-order valence-corrected chi connectivity index (χ2v) is 4.59. The monoisotopic (exact) mass is 239 g/mol. The molecule has 17 heavy (non-hydrogen) atoms. The molecule has 0 spiro atoms. The van der Waals surface area contributed by atoms with E-state index in [0.29, 0.717) is 30.6 Å². The van der Waals surface area contributed by atoms with Crippen LogP contribution in [0.5, 0.6) is 5.88 Å². The van der Waals surface area contributed by atoms with E-state index in [2.05, 4.69) is 5.10 Å². The van der Waals surface area contributed by atoms with E-state index in [0.717, 1.165) is 0 Å². The zero-order valence-electron chi connectivity index (χ0n) is 10.1. The van der Waals surface area contributed by atoms with Crippen LogP contribution in [-0.4, -0.2) is 28.1 Å². The zero-order chi connectivity index (χ0) is 12.1. The van der Waals surface area contributed by atoms with Gasteiger partial charge in [0.05, 0.1) is 18.8 Å². The summed E-state index contributed by atoms with van der Waals surface area (Å²) in [6.45, 7) is 0.589. The second kappa shape index (κ2) is 5.91. The van der Waals surface area contributed by atoms with Gasteiger partial charge < -0.3 is 15.6 Å². The molecule has 5 heteroatoms. The predicted octanol–water partition coefficient (Wildman–Crippen LogP) is 1.73. The third kappa shape index (κ3) is 3.12. The third-order valence-electron chi connectivity index (χ3n) is 3.21. The number of aliphatic hydroxyl groups is 1. The maximum absolute atomic E-state index is 8.69. The first-order chi connectivity index (χ1) is 8.31. The van der Waals surface area contributed by atoms with Crippen molar-refractivity contribution in [3.05, 3.63) is 6.20 Å². The van der Waals surface area contributed by atoms with Gasteiger partial charge in [0, 0.05) is 13.0 Å². The molecule has 0 atom stereocenters. The quantitative estimate of drug-likeness (QED) is 0.767. The maximum Gasteiger partial charge on any atom is 0.256 e. The summed E-state index contributed by atoms with van der Waals surface area (Å²) in [5, 5.41) is 13.1. The lowest BCUT2D eigenvalue weighted by molar-refractivity contribution is 0.226. The van der Waals surface area contributed by atoms with Crippen LogP contribution in [0.4, 0.5) is 5.69 Å². The first-order valence-corrected chi connectivity index (χ1v) is 6.39. The molecule has 1 aromatic heterocycles. The fraction of sp³-hybridized carbons (Fsp3) is 0.750. The minimum absolute atomic E-state index is 0.128. The van der Waals surface area contributed by atoms with Crippen molar-refractivity contribution in [3.8, 4) is 5.88 Å². The van der Waals surface area contributed by atoms with Crippen LogP contribution in [0, 0.1) is 0 Å². The van der Waals surface area contributed by atoms with Crippen LogP contribution in [0.2, 0.25) is 0 Å². The largest absolute Gasteiger partial charge is 0.475 e. The molecule has 96 valence electrons. The smallest absolute Gasteiger partial charge is 0.256 e. The van der Waals surface area contributed by atoms with E-state index in [1.54, 1.807) is 0 Å². The van der Waals surface area contributed by atoms with Gasteiger partial charge in [-0.3, -0.25) is 4.68 Å².